The van der Waals surface area contributed by atoms with Crippen LogP contribution in [0.4, 0.5) is 13.2 Å². The lowest BCUT2D eigenvalue weighted by Crippen LogP contribution is -2.53. The molecule has 1 saturated carbocycles. The molecule has 2 rings (SSSR count). The van der Waals surface area contributed by atoms with Gasteiger partial charge in [-0.1, -0.05) is 0 Å². The van der Waals surface area contributed by atoms with Crippen molar-refractivity contribution < 1.29 is 22.7 Å². The molecule has 2 aliphatic rings. The molecule has 1 heterocycles. The Kier molecular flexibility index (Phi) is 2.53. The lowest BCUT2D eigenvalue weighted by atomic mass is 9.79. The van der Waals surface area contributed by atoms with Crippen LogP contribution in [0, 0.1) is 5.92 Å². The average molecular weight is 222 g/mol. The van der Waals surface area contributed by atoms with Crippen LogP contribution in [0.3, 0.4) is 0 Å². The second kappa shape index (κ2) is 3.47. The summed E-state index contributed by atoms with van der Waals surface area (Å²) in [7, 11) is 0. The fraction of sp³-hybridized carbons (Fsp3) is 0.900. The molecular weight excluding hydrogens is 209 g/mol. The zero-order valence-electron chi connectivity index (χ0n) is 8.27. The molecule has 2 atom stereocenters. The lowest BCUT2D eigenvalue weighted by Gasteiger charge is -2.40. The molecule has 15 heavy (non-hydrogen) atoms. The van der Waals surface area contributed by atoms with Gasteiger partial charge >= 0.3 is 6.18 Å². The van der Waals surface area contributed by atoms with E-state index < -0.39 is 17.7 Å². The quantitative estimate of drug-likeness (QED) is 0.629. The second-order valence-corrected chi connectivity index (χ2v) is 4.25. The molecule has 2 nitrogen and oxygen atoms in total. The van der Waals surface area contributed by atoms with Crippen LogP contribution < -0.4 is 0 Å². The van der Waals surface area contributed by atoms with Crippen molar-refractivity contribution >= 4 is 5.78 Å². The summed E-state index contributed by atoms with van der Waals surface area (Å²) in [4.78, 5) is 11.6. The van der Waals surface area contributed by atoms with Crippen molar-refractivity contribution in [1.29, 1.82) is 0 Å². The minimum Gasteiger partial charge on any atom is -0.367 e. The highest BCUT2D eigenvalue weighted by Gasteiger charge is 2.60. The Morgan fingerprint density at radius 3 is 2.60 bits per heavy atom. The number of Topliss-reactive ketones (excluding diaryl/α,β-unsaturated/α-hetero) is 1. The van der Waals surface area contributed by atoms with E-state index in [9.17, 15) is 18.0 Å². The van der Waals surface area contributed by atoms with Gasteiger partial charge in [0.1, 0.15) is 5.60 Å². The molecule has 0 bridgehead atoms. The van der Waals surface area contributed by atoms with Gasteiger partial charge in [-0.2, -0.15) is 13.2 Å². The summed E-state index contributed by atoms with van der Waals surface area (Å²) in [6.45, 7) is 0.276. The van der Waals surface area contributed by atoms with E-state index in [1.54, 1.807) is 0 Å². The number of carbonyl (C=O) groups excluding carboxylic acids is 1. The average Bonchev–Trinajstić information content (AvgIpc) is 2.48. The molecule has 0 aromatic carbocycles. The third-order valence-electron chi connectivity index (χ3n) is 3.38. The van der Waals surface area contributed by atoms with E-state index >= 15 is 0 Å². The van der Waals surface area contributed by atoms with E-state index in [1.165, 1.54) is 0 Å². The van der Waals surface area contributed by atoms with E-state index in [0.29, 0.717) is 12.8 Å². The number of halogens is 3. The molecule has 0 N–H and O–H groups in total. The van der Waals surface area contributed by atoms with E-state index in [-0.39, 0.29) is 31.7 Å². The third kappa shape index (κ3) is 1.67. The van der Waals surface area contributed by atoms with Gasteiger partial charge in [-0.25, -0.2) is 0 Å². The summed E-state index contributed by atoms with van der Waals surface area (Å²) in [6.07, 6.45) is -2.93. The third-order valence-corrected chi connectivity index (χ3v) is 3.38. The Morgan fingerprint density at radius 1 is 1.33 bits per heavy atom. The maximum Gasteiger partial charge on any atom is 0.395 e. The molecule has 1 aliphatic heterocycles. The van der Waals surface area contributed by atoms with Crippen LogP contribution >= 0.6 is 0 Å². The maximum atomic E-state index is 12.8. The van der Waals surface area contributed by atoms with Gasteiger partial charge in [0.15, 0.2) is 5.78 Å². The van der Waals surface area contributed by atoms with E-state index in [0.717, 1.165) is 0 Å². The first-order valence-corrected chi connectivity index (χ1v) is 5.21. The van der Waals surface area contributed by atoms with Crippen LogP contribution in [-0.4, -0.2) is 24.2 Å². The highest BCUT2D eigenvalue weighted by molar-refractivity contribution is 5.90. The number of ether oxygens (including phenoxy) is 1. The van der Waals surface area contributed by atoms with Crippen LogP contribution in [-0.2, 0) is 9.53 Å². The molecule has 2 fully saturated rings. The van der Waals surface area contributed by atoms with Gasteiger partial charge in [0.05, 0.1) is 5.92 Å². The number of hydrogen-bond donors (Lipinski definition) is 0. The van der Waals surface area contributed by atoms with Crippen LogP contribution in [0.5, 0.6) is 0 Å². The normalized spacial score (nSPS) is 37.5. The Labute approximate surface area is 85.8 Å². The number of carbonyl (C=O) groups is 1. The monoisotopic (exact) mass is 222 g/mol. The molecule has 1 aliphatic carbocycles. The number of ketones is 1. The SMILES string of the molecule is O=C1CCCC12OCCC[C@@H]2C(F)(F)F. The minimum atomic E-state index is -4.32. The smallest absolute Gasteiger partial charge is 0.367 e. The fourth-order valence-electron chi connectivity index (χ4n) is 2.69. The Morgan fingerprint density at radius 2 is 2.07 bits per heavy atom. The summed E-state index contributed by atoms with van der Waals surface area (Å²) in [5.41, 5.74) is -1.53. The van der Waals surface area contributed by atoms with Crippen molar-refractivity contribution in [2.24, 2.45) is 5.92 Å². The van der Waals surface area contributed by atoms with Crippen molar-refractivity contribution in [3.63, 3.8) is 0 Å². The molecular formula is C10H13F3O2. The maximum absolute atomic E-state index is 12.8. The number of rotatable bonds is 0. The number of alkyl halides is 3. The van der Waals surface area contributed by atoms with Crippen molar-refractivity contribution in [2.45, 2.75) is 43.9 Å². The summed E-state index contributed by atoms with van der Waals surface area (Å²) >= 11 is 0. The second-order valence-electron chi connectivity index (χ2n) is 4.25. The predicted molar refractivity (Wildman–Crippen MR) is 46.3 cm³/mol. The summed E-state index contributed by atoms with van der Waals surface area (Å²) < 4.78 is 43.5. The molecule has 0 aromatic rings. The molecule has 1 unspecified atom stereocenters. The van der Waals surface area contributed by atoms with Gasteiger partial charge in [-0.3, -0.25) is 4.79 Å². The summed E-state index contributed by atoms with van der Waals surface area (Å²) in [6, 6.07) is 0. The molecule has 0 amide bonds. The van der Waals surface area contributed by atoms with Crippen molar-refractivity contribution in [1.82, 2.24) is 0 Å². The highest BCUT2D eigenvalue weighted by atomic mass is 19.4. The topological polar surface area (TPSA) is 26.3 Å². The fourth-order valence-corrected chi connectivity index (χ4v) is 2.69. The van der Waals surface area contributed by atoms with Crippen LogP contribution in [0.25, 0.3) is 0 Å². The first-order valence-electron chi connectivity index (χ1n) is 5.21. The standard InChI is InChI=1S/C10H13F3O2/c11-10(12,13)7-3-2-6-15-9(7)5-1-4-8(9)14/h7H,1-6H2/t7-,9?/m0/s1. The number of hydrogen-bond acceptors (Lipinski definition) is 2. The highest BCUT2D eigenvalue weighted by Crippen LogP contribution is 2.48. The summed E-state index contributed by atoms with van der Waals surface area (Å²) in [5, 5.41) is 0. The van der Waals surface area contributed by atoms with Gasteiger partial charge in [0.25, 0.3) is 0 Å². The van der Waals surface area contributed by atoms with Gasteiger partial charge in [-0.05, 0) is 25.7 Å². The van der Waals surface area contributed by atoms with E-state index in [4.69, 9.17) is 4.74 Å². The first-order chi connectivity index (χ1) is 6.97. The first kappa shape index (κ1) is 10.9. The molecule has 0 radical (unpaired) electrons. The Hall–Kier alpha value is -0.580. The van der Waals surface area contributed by atoms with Crippen molar-refractivity contribution in [3.8, 4) is 0 Å². The van der Waals surface area contributed by atoms with E-state index in [1.807, 2.05) is 0 Å². The van der Waals surface area contributed by atoms with Gasteiger partial charge in [0.2, 0.25) is 0 Å². The van der Waals surface area contributed by atoms with Gasteiger partial charge < -0.3 is 4.74 Å². The molecule has 1 saturated heterocycles. The van der Waals surface area contributed by atoms with Crippen molar-refractivity contribution in [2.75, 3.05) is 6.61 Å². The Balaban J connectivity index is 2.30. The van der Waals surface area contributed by atoms with Crippen molar-refractivity contribution in [3.05, 3.63) is 0 Å². The van der Waals surface area contributed by atoms with Crippen LogP contribution in [0.1, 0.15) is 32.1 Å². The van der Waals surface area contributed by atoms with Crippen LogP contribution in [0.2, 0.25) is 0 Å². The minimum absolute atomic E-state index is 0.0231. The Bertz CT molecular complexity index is 274. The zero-order valence-corrected chi connectivity index (χ0v) is 8.27. The molecule has 0 aromatic heterocycles. The molecule has 5 heteroatoms. The zero-order chi connectivity index (χ0) is 11.1. The molecule has 86 valence electrons. The van der Waals surface area contributed by atoms with Crippen LogP contribution in [0.15, 0.2) is 0 Å². The summed E-state index contributed by atoms with van der Waals surface area (Å²) in [5.74, 6) is -1.95. The predicted octanol–water partition coefficient (Wildman–Crippen LogP) is 2.47. The van der Waals surface area contributed by atoms with Gasteiger partial charge in [0, 0.05) is 13.0 Å². The largest absolute Gasteiger partial charge is 0.395 e. The van der Waals surface area contributed by atoms with Gasteiger partial charge in [-0.15, -0.1) is 0 Å². The van der Waals surface area contributed by atoms with E-state index in [2.05, 4.69) is 0 Å². The lowest BCUT2D eigenvalue weighted by molar-refractivity contribution is -0.248. The molecule has 1 spiro atoms.